The third-order valence-corrected chi connectivity index (χ3v) is 4.45. The maximum Gasteiger partial charge on any atom is 0.237 e. The molecule has 0 spiro atoms. The van der Waals surface area contributed by atoms with Crippen LogP contribution >= 0.6 is 28.1 Å². The molecule has 0 heterocycles. The van der Waals surface area contributed by atoms with Gasteiger partial charge in [0.05, 0.1) is 10.4 Å². The molecule has 1 amide bonds. The molecule has 1 saturated carbocycles. The molecule has 96 valence electrons. The maximum absolute atomic E-state index is 12.3. The van der Waals surface area contributed by atoms with Crippen LogP contribution in [-0.2, 0) is 4.79 Å². The van der Waals surface area contributed by atoms with Crippen molar-refractivity contribution >= 4 is 44.7 Å². The second-order valence-corrected chi connectivity index (χ2v) is 6.07. The number of thiocarbonyl (C=S) groups is 1. The number of rotatable bonds is 3. The Kier molecular flexibility index (Phi) is 3.73. The molecule has 3 nitrogen and oxygen atoms in total. The SMILES string of the molecule is Cc1ccc(Br)cc1NC(=O)C1(C(N)=S)CCC1. The number of nitrogens with one attached hydrogen (secondary N) is 1. The lowest BCUT2D eigenvalue weighted by Crippen LogP contribution is -2.50. The van der Waals surface area contributed by atoms with Gasteiger partial charge in [-0.25, -0.2) is 0 Å². The van der Waals surface area contributed by atoms with Crippen molar-refractivity contribution in [3.8, 4) is 0 Å². The number of carbonyl (C=O) groups is 1. The predicted molar refractivity (Wildman–Crippen MR) is 80.6 cm³/mol. The largest absolute Gasteiger partial charge is 0.392 e. The van der Waals surface area contributed by atoms with Gasteiger partial charge < -0.3 is 11.1 Å². The number of carbonyl (C=O) groups excluding carboxylic acids is 1. The Bertz CT molecular complexity index is 512. The number of benzene rings is 1. The maximum atomic E-state index is 12.3. The second-order valence-electron chi connectivity index (χ2n) is 4.71. The molecule has 1 aliphatic rings. The lowest BCUT2D eigenvalue weighted by Gasteiger charge is -2.39. The van der Waals surface area contributed by atoms with Gasteiger partial charge in [0.2, 0.25) is 5.91 Å². The number of nitrogens with two attached hydrogens (primary N) is 1. The minimum atomic E-state index is -0.635. The van der Waals surface area contributed by atoms with Gasteiger partial charge in [-0.05, 0) is 37.5 Å². The first-order chi connectivity index (χ1) is 8.45. The highest BCUT2D eigenvalue weighted by atomic mass is 79.9. The van der Waals surface area contributed by atoms with Gasteiger partial charge in [0, 0.05) is 10.2 Å². The molecule has 0 aliphatic heterocycles. The highest BCUT2D eigenvalue weighted by Crippen LogP contribution is 2.42. The number of hydrogen-bond donors (Lipinski definition) is 2. The molecule has 1 aromatic rings. The standard InChI is InChI=1S/C13H15BrN2OS/c1-8-3-4-9(14)7-10(8)16-12(17)13(11(15)18)5-2-6-13/h3-4,7H,2,5-6H2,1H3,(H2,15,18)(H,16,17). The topological polar surface area (TPSA) is 55.1 Å². The van der Waals surface area contributed by atoms with Crippen LogP contribution in [-0.4, -0.2) is 10.9 Å². The van der Waals surface area contributed by atoms with Crippen LogP contribution < -0.4 is 11.1 Å². The van der Waals surface area contributed by atoms with Gasteiger partial charge >= 0.3 is 0 Å². The van der Waals surface area contributed by atoms with Crippen LogP contribution in [0.25, 0.3) is 0 Å². The van der Waals surface area contributed by atoms with E-state index in [0.29, 0.717) is 4.99 Å². The first-order valence-corrected chi connectivity index (χ1v) is 7.03. The summed E-state index contributed by atoms with van der Waals surface area (Å²) >= 11 is 8.43. The predicted octanol–water partition coefficient (Wildman–Crippen LogP) is 3.15. The quantitative estimate of drug-likeness (QED) is 0.839. The molecule has 0 bridgehead atoms. The van der Waals surface area contributed by atoms with E-state index < -0.39 is 5.41 Å². The van der Waals surface area contributed by atoms with E-state index in [0.717, 1.165) is 35.0 Å². The van der Waals surface area contributed by atoms with Gasteiger partial charge in [-0.3, -0.25) is 4.79 Å². The highest BCUT2D eigenvalue weighted by Gasteiger charge is 2.47. The van der Waals surface area contributed by atoms with Crippen LogP contribution in [0.4, 0.5) is 5.69 Å². The average molecular weight is 327 g/mol. The van der Waals surface area contributed by atoms with E-state index in [2.05, 4.69) is 21.2 Å². The molecular formula is C13H15BrN2OS. The molecule has 0 radical (unpaired) electrons. The summed E-state index contributed by atoms with van der Waals surface area (Å²) in [6, 6.07) is 5.78. The minimum Gasteiger partial charge on any atom is -0.392 e. The van der Waals surface area contributed by atoms with Crippen LogP contribution in [0, 0.1) is 12.3 Å². The van der Waals surface area contributed by atoms with E-state index in [-0.39, 0.29) is 5.91 Å². The number of hydrogen-bond acceptors (Lipinski definition) is 2. The summed E-state index contributed by atoms with van der Waals surface area (Å²) in [6.07, 6.45) is 2.50. The lowest BCUT2D eigenvalue weighted by atomic mass is 9.68. The summed E-state index contributed by atoms with van der Waals surface area (Å²) in [5.74, 6) is -0.0811. The van der Waals surface area contributed by atoms with Crippen LogP contribution in [0.3, 0.4) is 0 Å². The summed E-state index contributed by atoms with van der Waals surface area (Å²) in [5, 5.41) is 2.94. The molecule has 2 rings (SSSR count). The zero-order valence-corrected chi connectivity index (χ0v) is 12.5. The highest BCUT2D eigenvalue weighted by molar-refractivity contribution is 9.10. The summed E-state index contributed by atoms with van der Waals surface area (Å²) in [5.41, 5.74) is 6.90. The van der Waals surface area contributed by atoms with Crippen molar-refractivity contribution in [1.82, 2.24) is 0 Å². The molecule has 0 aromatic heterocycles. The Morgan fingerprint density at radius 3 is 2.67 bits per heavy atom. The van der Waals surface area contributed by atoms with Crippen LogP contribution in [0.5, 0.6) is 0 Å². The zero-order valence-electron chi connectivity index (χ0n) is 10.1. The van der Waals surface area contributed by atoms with Crippen molar-refractivity contribution in [2.45, 2.75) is 26.2 Å². The van der Waals surface area contributed by atoms with Gasteiger partial charge in [-0.1, -0.05) is 40.6 Å². The number of aryl methyl sites for hydroxylation is 1. The number of amides is 1. The van der Waals surface area contributed by atoms with E-state index in [9.17, 15) is 4.79 Å². The van der Waals surface area contributed by atoms with Gasteiger partial charge in [0.25, 0.3) is 0 Å². The van der Waals surface area contributed by atoms with Crippen molar-refractivity contribution in [2.24, 2.45) is 11.1 Å². The monoisotopic (exact) mass is 326 g/mol. The molecule has 1 aromatic carbocycles. The first kappa shape index (κ1) is 13.5. The number of halogens is 1. The Morgan fingerprint density at radius 2 is 2.17 bits per heavy atom. The summed E-state index contributed by atoms with van der Waals surface area (Å²) < 4.78 is 0.932. The molecule has 0 saturated heterocycles. The van der Waals surface area contributed by atoms with Gasteiger partial charge in [-0.15, -0.1) is 0 Å². The third-order valence-electron chi connectivity index (χ3n) is 3.56. The fourth-order valence-corrected chi connectivity index (χ4v) is 2.74. The van der Waals surface area contributed by atoms with E-state index in [4.69, 9.17) is 18.0 Å². The molecule has 3 N–H and O–H groups in total. The van der Waals surface area contributed by atoms with Crippen molar-refractivity contribution < 1.29 is 4.79 Å². The van der Waals surface area contributed by atoms with Gasteiger partial charge in [0.15, 0.2) is 0 Å². The lowest BCUT2D eigenvalue weighted by molar-refractivity contribution is -0.125. The van der Waals surface area contributed by atoms with E-state index in [1.54, 1.807) is 0 Å². The van der Waals surface area contributed by atoms with Crippen LogP contribution in [0.2, 0.25) is 0 Å². The fraction of sp³-hybridized carbons (Fsp3) is 0.385. The van der Waals surface area contributed by atoms with Gasteiger partial charge in [0.1, 0.15) is 0 Å². The molecule has 0 atom stereocenters. The minimum absolute atomic E-state index is 0.0811. The Labute approximate surface area is 120 Å². The van der Waals surface area contributed by atoms with Crippen molar-refractivity contribution in [3.63, 3.8) is 0 Å². The molecule has 5 heteroatoms. The molecular weight excluding hydrogens is 312 g/mol. The Morgan fingerprint density at radius 1 is 1.50 bits per heavy atom. The van der Waals surface area contributed by atoms with Crippen molar-refractivity contribution in [1.29, 1.82) is 0 Å². The van der Waals surface area contributed by atoms with E-state index >= 15 is 0 Å². The smallest absolute Gasteiger partial charge is 0.237 e. The first-order valence-electron chi connectivity index (χ1n) is 5.83. The normalized spacial score (nSPS) is 16.8. The summed E-state index contributed by atoms with van der Waals surface area (Å²) in [6.45, 7) is 1.95. The van der Waals surface area contributed by atoms with E-state index in [1.165, 1.54) is 0 Å². The molecule has 1 fully saturated rings. The molecule has 0 unspecified atom stereocenters. The summed E-state index contributed by atoms with van der Waals surface area (Å²) in [7, 11) is 0. The van der Waals surface area contributed by atoms with Crippen molar-refractivity contribution in [2.75, 3.05) is 5.32 Å². The number of anilines is 1. The van der Waals surface area contributed by atoms with E-state index in [1.807, 2.05) is 25.1 Å². The van der Waals surface area contributed by atoms with Gasteiger partial charge in [-0.2, -0.15) is 0 Å². The van der Waals surface area contributed by atoms with Crippen LogP contribution in [0.1, 0.15) is 24.8 Å². The Balaban J connectivity index is 2.21. The van der Waals surface area contributed by atoms with Crippen molar-refractivity contribution in [3.05, 3.63) is 28.2 Å². The average Bonchev–Trinajstić information content (AvgIpc) is 2.21. The second kappa shape index (κ2) is 4.97. The zero-order chi connectivity index (χ0) is 13.3. The molecule has 1 aliphatic carbocycles. The Hall–Kier alpha value is -0.940. The van der Waals surface area contributed by atoms with Crippen LogP contribution in [0.15, 0.2) is 22.7 Å². The third kappa shape index (κ3) is 2.29. The molecule has 18 heavy (non-hydrogen) atoms. The summed E-state index contributed by atoms with van der Waals surface area (Å²) in [4.78, 5) is 12.6. The fourth-order valence-electron chi connectivity index (χ4n) is 2.09.